The summed E-state index contributed by atoms with van der Waals surface area (Å²) < 4.78 is 0. The molecule has 2 rings (SSSR count). The van der Waals surface area contributed by atoms with Crippen molar-refractivity contribution in [1.29, 1.82) is 0 Å². The van der Waals surface area contributed by atoms with Gasteiger partial charge in [-0.1, -0.05) is 18.2 Å². The maximum atomic E-state index is 12.0. The predicted molar refractivity (Wildman–Crippen MR) is 68.9 cm³/mol. The van der Waals surface area contributed by atoms with Crippen molar-refractivity contribution in [2.45, 2.75) is 12.5 Å². The lowest BCUT2D eigenvalue weighted by molar-refractivity contribution is -0.119. The van der Waals surface area contributed by atoms with Gasteiger partial charge in [-0.15, -0.1) is 0 Å². The first kappa shape index (κ1) is 12.1. The summed E-state index contributed by atoms with van der Waals surface area (Å²) in [5, 5.41) is 0. The number of benzene rings is 1. The normalized spacial score (nSPS) is 20.5. The highest BCUT2D eigenvalue weighted by atomic mass is 16.2. The summed E-state index contributed by atoms with van der Waals surface area (Å²) in [6.07, 6.45) is 0.988. The quantitative estimate of drug-likeness (QED) is 0.835. The summed E-state index contributed by atoms with van der Waals surface area (Å²) >= 11 is 0. The number of carbonyl (C=O) groups is 1. The van der Waals surface area contributed by atoms with Crippen LogP contribution in [0.25, 0.3) is 0 Å². The molecule has 1 aliphatic heterocycles. The molecular formula is C13H19N3O. The number of nitrogens with two attached hydrogens (primary N) is 1. The molecule has 1 aromatic rings. The first-order valence-corrected chi connectivity index (χ1v) is 5.96. The molecule has 2 N–H and O–H groups in total. The van der Waals surface area contributed by atoms with Crippen molar-refractivity contribution < 1.29 is 4.79 Å². The highest BCUT2D eigenvalue weighted by Crippen LogP contribution is 2.13. The lowest BCUT2D eigenvalue weighted by Gasteiger charge is -2.21. The van der Waals surface area contributed by atoms with Crippen molar-refractivity contribution >= 4 is 11.6 Å². The molecule has 1 fully saturated rings. The van der Waals surface area contributed by atoms with Gasteiger partial charge in [-0.2, -0.15) is 0 Å². The second-order valence-corrected chi connectivity index (χ2v) is 4.57. The van der Waals surface area contributed by atoms with Crippen LogP contribution in [0.4, 0.5) is 5.69 Å². The number of anilines is 1. The van der Waals surface area contributed by atoms with E-state index in [1.165, 1.54) is 0 Å². The molecule has 1 amide bonds. The summed E-state index contributed by atoms with van der Waals surface area (Å²) in [5.41, 5.74) is 6.75. The van der Waals surface area contributed by atoms with Crippen molar-refractivity contribution in [3.8, 4) is 0 Å². The number of amides is 1. The molecule has 1 aromatic carbocycles. The number of likely N-dealkylation sites (N-methyl/N-ethyl adjacent to an activating group) is 1. The predicted octanol–water partition coefficient (Wildman–Crippen LogP) is 0.682. The fourth-order valence-electron chi connectivity index (χ4n) is 2.10. The van der Waals surface area contributed by atoms with E-state index >= 15 is 0 Å². The second kappa shape index (κ2) is 5.29. The van der Waals surface area contributed by atoms with Crippen LogP contribution in [-0.4, -0.2) is 43.5 Å². The van der Waals surface area contributed by atoms with E-state index < -0.39 is 0 Å². The Kier molecular flexibility index (Phi) is 3.76. The van der Waals surface area contributed by atoms with Gasteiger partial charge in [-0.3, -0.25) is 9.69 Å². The lowest BCUT2D eigenvalue weighted by Crippen LogP contribution is -2.38. The molecule has 0 aliphatic carbocycles. The maximum absolute atomic E-state index is 12.0. The molecule has 1 heterocycles. The molecule has 1 saturated heterocycles. The summed E-state index contributed by atoms with van der Waals surface area (Å²) in [7, 11) is 1.81. The van der Waals surface area contributed by atoms with Gasteiger partial charge in [0.25, 0.3) is 0 Å². The lowest BCUT2D eigenvalue weighted by atomic mass is 10.3. The number of hydrogen-bond acceptors (Lipinski definition) is 3. The average Bonchev–Trinajstić information content (AvgIpc) is 2.75. The van der Waals surface area contributed by atoms with Crippen LogP contribution in [0.1, 0.15) is 6.42 Å². The molecule has 0 spiro atoms. The highest BCUT2D eigenvalue weighted by Gasteiger charge is 2.22. The monoisotopic (exact) mass is 233 g/mol. The summed E-state index contributed by atoms with van der Waals surface area (Å²) in [6.45, 7) is 2.21. The van der Waals surface area contributed by atoms with E-state index in [0.717, 1.165) is 25.2 Å². The van der Waals surface area contributed by atoms with Gasteiger partial charge in [-0.05, 0) is 18.6 Å². The van der Waals surface area contributed by atoms with Crippen molar-refractivity contribution in [2.24, 2.45) is 5.73 Å². The summed E-state index contributed by atoms with van der Waals surface area (Å²) in [4.78, 5) is 15.9. The first-order valence-electron chi connectivity index (χ1n) is 5.96. The van der Waals surface area contributed by atoms with Crippen LogP contribution < -0.4 is 10.6 Å². The Hall–Kier alpha value is -1.39. The molecular weight excluding hydrogens is 214 g/mol. The Morgan fingerprint density at radius 1 is 1.47 bits per heavy atom. The molecule has 4 nitrogen and oxygen atoms in total. The molecule has 17 heavy (non-hydrogen) atoms. The van der Waals surface area contributed by atoms with Gasteiger partial charge in [-0.25, -0.2) is 0 Å². The van der Waals surface area contributed by atoms with Crippen molar-refractivity contribution in [1.82, 2.24) is 4.90 Å². The topological polar surface area (TPSA) is 49.6 Å². The van der Waals surface area contributed by atoms with Gasteiger partial charge in [0.05, 0.1) is 6.54 Å². The van der Waals surface area contributed by atoms with Crippen LogP contribution >= 0.6 is 0 Å². The third-order valence-electron chi connectivity index (χ3n) is 3.19. The second-order valence-electron chi connectivity index (χ2n) is 4.57. The Balaban J connectivity index is 1.92. The van der Waals surface area contributed by atoms with Crippen LogP contribution in [0.3, 0.4) is 0 Å². The SMILES string of the molecule is CN(C(=O)CN1CC[C@H](N)C1)c1ccccc1. The van der Waals surface area contributed by atoms with Crippen LogP contribution in [0.15, 0.2) is 30.3 Å². The molecule has 4 heteroatoms. The zero-order valence-electron chi connectivity index (χ0n) is 10.2. The van der Waals surface area contributed by atoms with E-state index in [1.54, 1.807) is 4.90 Å². The Morgan fingerprint density at radius 3 is 2.76 bits per heavy atom. The molecule has 1 atom stereocenters. The summed E-state index contributed by atoms with van der Waals surface area (Å²) in [5.74, 6) is 0.116. The smallest absolute Gasteiger partial charge is 0.240 e. The van der Waals surface area contributed by atoms with E-state index in [2.05, 4.69) is 4.90 Å². The van der Waals surface area contributed by atoms with E-state index in [4.69, 9.17) is 5.73 Å². The molecule has 0 unspecified atom stereocenters. The minimum atomic E-state index is 0.116. The number of rotatable bonds is 3. The first-order chi connectivity index (χ1) is 8.16. The minimum Gasteiger partial charge on any atom is -0.326 e. The van der Waals surface area contributed by atoms with E-state index in [1.807, 2.05) is 37.4 Å². The minimum absolute atomic E-state index is 0.116. The Bertz CT molecular complexity index is 380. The van der Waals surface area contributed by atoms with Crippen LogP contribution in [-0.2, 0) is 4.79 Å². The highest BCUT2D eigenvalue weighted by molar-refractivity contribution is 5.94. The van der Waals surface area contributed by atoms with E-state index in [0.29, 0.717) is 6.54 Å². The van der Waals surface area contributed by atoms with Gasteiger partial charge in [0, 0.05) is 31.9 Å². The maximum Gasteiger partial charge on any atom is 0.240 e. The molecule has 0 aromatic heterocycles. The largest absolute Gasteiger partial charge is 0.326 e. The fourth-order valence-corrected chi connectivity index (χ4v) is 2.10. The van der Waals surface area contributed by atoms with E-state index in [9.17, 15) is 4.79 Å². The summed E-state index contributed by atoms with van der Waals surface area (Å²) in [6, 6.07) is 9.92. The van der Waals surface area contributed by atoms with Crippen molar-refractivity contribution in [3.63, 3.8) is 0 Å². The molecule has 0 radical (unpaired) electrons. The van der Waals surface area contributed by atoms with Crippen LogP contribution in [0.5, 0.6) is 0 Å². The van der Waals surface area contributed by atoms with Crippen molar-refractivity contribution in [2.75, 3.05) is 31.6 Å². The number of carbonyl (C=O) groups excluding carboxylic acids is 1. The third-order valence-corrected chi connectivity index (χ3v) is 3.19. The molecule has 0 bridgehead atoms. The molecule has 1 aliphatic rings. The standard InChI is InChI=1S/C13H19N3O/c1-15(12-5-3-2-4-6-12)13(17)10-16-8-7-11(14)9-16/h2-6,11H,7-10,14H2,1H3/t11-/m0/s1. The van der Waals surface area contributed by atoms with Gasteiger partial charge < -0.3 is 10.6 Å². The molecule has 0 saturated carbocycles. The fraction of sp³-hybridized carbons (Fsp3) is 0.462. The number of likely N-dealkylation sites (tertiary alicyclic amines) is 1. The van der Waals surface area contributed by atoms with Gasteiger partial charge in [0.2, 0.25) is 5.91 Å². The van der Waals surface area contributed by atoms with Gasteiger partial charge >= 0.3 is 0 Å². The molecule has 92 valence electrons. The van der Waals surface area contributed by atoms with Crippen LogP contribution in [0.2, 0.25) is 0 Å². The third kappa shape index (κ3) is 3.05. The average molecular weight is 233 g/mol. The number of para-hydroxylation sites is 1. The zero-order chi connectivity index (χ0) is 12.3. The van der Waals surface area contributed by atoms with Gasteiger partial charge in [0.15, 0.2) is 0 Å². The van der Waals surface area contributed by atoms with Gasteiger partial charge in [0.1, 0.15) is 0 Å². The zero-order valence-corrected chi connectivity index (χ0v) is 10.2. The van der Waals surface area contributed by atoms with E-state index in [-0.39, 0.29) is 11.9 Å². The Morgan fingerprint density at radius 2 is 2.18 bits per heavy atom. The Labute approximate surface area is 102 Å². The van der Waals surface area contributed by atoms with Crippen molar-refractivity contribution in [3.05, 3.63) is 30.3 Å². The number of hydrogen-bond donors (Lipinski definition) is 1. The van der Waals surface area contributed by atoms with Crippen LogP contribution in [0, 0.1) is 0 Å². The number of nitrogens with zero attached hydrogens (tertiary/aromatic N) is 2.